The molecule has 0 fully saturated rings. The van der Waals surface area contributed by atoms with Crippen molar-refractivity contribution in [1.82, 2.24) is 9.97 Å². The second kappa shape index (κ2) is 4.61. The van der Waals surface area contributed by atoms with Gasteiger partial charge in [-0.15, -0.1) is 0 Å². The molecular weight excluding hydrogens is 204 g/mol. The van der Waals surface area contributed by atoms with Gasteiger partial charge in [-0.25, -0.2) is 0 Å². The van der Waals surface area contributed by atoms with Gasteiger partial charge < -0.3 is 9.47 Å². The number of hydrogen-bond donors (Lipinski definition) is 0. The van der Waals surface area contributed by atoms with Crippen molar-refractivity contribution in [1.29, 1.82) is 0 Å². The molecule has 0 aliphatic heterocycles. The standard InChI is InChI=1S/C12H12N2O2/c1-15-11-4-3-10(12(14-11)16-2)9-5-7-13-8-6-9/h3-8H,1-2H3. The molecule has 0 aliphatic carbocycles. The molecule has 0 aromatic carbocycles. The van der Waals surface area contributed by atoms with Crippen molar-refractivity contribution in [2.75, 3.05) is 14.2 Å². The third-order valence-electron chi connectivity index (χ3n) is 2.23. The Balaban J connectivity index is 2.49. The minimum absolute atomic E-state index is 0.537. The predicted octanol–water partition coefficient (Wildman–Crippen LogP) is 2.16. The Hall–Kier alpha value is -2.10. The summed E-state index contributed by atoms with van der Waals surface area (Å²) in [5, 5.41) is 0. The smallest absolute Gasteiger partial charge is 0.224 e. The van der Waals surface area contributed by atoms with Gasteiger partial charge in [-0.05, 0) is 23.8 Å². The van der Waals surface area contributed by atoms with E-state index in [1.807, 2.05) is 18.2 Å². The van der Waals surface area contributed by atoms with Gasteiger partial charge in [0.1, 0.15) is 0 Å². The lowest BCUT2D eigenvalue weighted by Gasteiger charge is -2.08. The van der Waals surface area contributed by atoms with Gasteiger partial charge in [0, 0.05) is 24.0 Å². The summed E-state index contributed by atoms with van der Waals surface area (Å²) in [5.41, 5.74) is 1.94. The van der Waals surface area contributed by atoms with E-state index in [1.165, 1.54) is 0 Å². The molecule has 0 N–H and O–H groups in total. The van der Waals surface area contributed by atoms with E-state index in [9.17, 15) is 0 Å². The van der Waals surface area contributed by atoms with Gasteiger partial charge in [0.2, 0.25) is 11.8 Å². The Morgan fingerprint density at radius 1 is 0.938 bits per heavy atom. The average molecular weight is 216 g/mol. The second-order valence-corrected chi connectivity index (χ2v) is 3.15. The molecule has 82 valence electrons. The lowest BCUT2D eigenvalue weighted by molar-refractivity contribution is 0.366. The highest BCUT2D eigenvalue weighted by Crippen LogP contribution is 2.29. The number of rotatable bonds is 3. The van der Waals surface area contributed by atoms with E-state index in [0.29, 0.717) is 11.8 Å². The predicted molar refractivity (Wildman–Crippen MR) is 60.6 cm³/mol. The lowest BCUT2D eigenvalue weighted by Crippen LogP contribution is -1.94. The Labute approximate surface area is 93.9 Å². The molecule has 4 heteroatoms. The Kier molecular flexibility index (Phi) is 3.00. The van der Waals surface area contributed by atoms with Crippen molar-refractivity contribution in [2.45, 2.75) is 0 Å². The number of ether oxygens (including phenoxy) is 2. The van der Waals surface area contributed by atoms with Crippen LogP contribution in [0, 0.1) is 0 Å². The first-order valence-electron chi connectivity index (χ1n) is 4.84. The van der Waals surface area contributed by atoms with Crippen LogP contribution in [0.25, 0.3) is 11.1 Å². The van der Waals surface area contributed by atoms with Crippen LogP contribution in [0.4, 0.5) is 0 Å². The van der Waals surface area contributed by atoms with Crippen LogP contribution in [0.15, 0.2) is 36.7 Å². The normalized spacial score (nSPS) is 9.88. The number of methoxy groups -OCH3 is 2. The highest BCUT2D eigenvalue weighted by Gasteiger charge is 2.08. The molecule has 2 heterocycles. The van der Waals surface area contributed by atoms with Crippen molar-refractivity contribution < 1.29 is 9.47 Å². The average Bonchev–Trinajstić information content (AvgIpc) is 2.39. The molecule has 2 aromatic rings. The summed E-state index contributed by atoms with van der Waals surface area (Å²) >= 11 is 0. The van der Waals surface area contributed by atoms with Gasteiger partial charge in [-0.2, -0.15) is 4.98 Å². The fourth-order valence-corrected chi connectivity index (χ4v) is 1.44. The van der Waals surface area contributed by atoms with Crippen LogP contribution in [0.2, 0.25) is 0 Å². The molecule has 2 rings (SSSR count). The van der Waals surface area contributed by atoms with E-state index in [-0.39, 0.29) is 0 Å². The summed E-state index contributed by atoms with van der Waals surface area (Å²) in [6.45, 7) is 0. The van der Waals surface area contributed by atoms with Crippen molar-refractivity contribution >= 4 is 0 Å². The molecule has 0 saturated carbocycles. The van der Waals surface area contributed by atoms with Gasteiger partial charge in [-0.3, -0.25) is 4.98 Å². The summed E-state index contributed by atoms with van der Waals surface area (Å²) in [5.74, 6) is 1.08. The van der Waals surface area contributed by atoms with Crippen LogP contribution in [0.1, 0.15) is 0 Å². The van der Waals surface area contributed by atoms with Crippen LogP contribution < -0.4 is 9.47 Å². The Morgan fingerprint density at radius 3 is 2.31 bits per heavy atom. The summed E-state index contributed by atoms with van der Waals surface area (Å²) in [4.78, 5) is 8.20. The van der Waals surface area contributed by atoms with Crippen LogP contribution in [0.5, 0.6) is 11.8 Å². The highest BCUT2D eigenvalue weighted by atomic mass is 16.5. The fourth-order valence-electron chi connectivity index (χ4n) is 1.44. The first kappa shape index (κ1) is 10.4. The van der Waals surface area contributed by atoms with Crippen LogP contribution >= 0.6 is 0 Å². The molecule has 0 aliphatic rings. The summed E-state index contributed by atoms with van der Waals surface area (Å²) in [6, 6.07) is 7.54. The minimum atomic E-state index is 0.537. The zero-order valence-electron chi connectivity index (χ0n) is 9.18. The summed E-state index contributed by atoms with van der Waals surface area (Å²) < 4.78 is 10.3. The maximum absolute atomic E-state index is 5.23. The number of nitrogens with zero attached hydrogens (tertiary/aromatic N) is 2. The molecule has 0 unspecified atom stereocenters. The van der Waals surface area contributed by atoms with E-state index >= 15 is 0 Å². The van der Waals surface area contributed by atoms with Gasteiger partial charge in [0.15, 0.2) is 0 Å². The summed E-state index contributed by atoms with van der Waals surface area (Å²) in [6.07, 6.45) is 3.47. The lowest BCUT2D eigenvalue weighted by atomic mass is 10.1. The first-order valence-corrected chi connectivity index (χ1v) is 4.84. The monoisotopic (exact) mass is 216 g/mol. The third-order valence-corrected chi connectivity index (χ3v) is 2.23. The quantitative estimate of drug-likeness (QED) is 0.788. The molecule has 4 nitrogen and oxygen atoms in total. The Bertz CT molecular complexity index is 472. The fraction of sp³-hybridized carbons (Fsp3) is 0.167. The second-order valence-electron chi connectivity index (χ2n) is 3.15. The molecular formula is C12H12N2O2. The SMILES string of the molecule is COc1ccc(-c2ccncc2)c(OC)n1. The van der Waals surface area contributed by atoms with Gasteiger partial charge in [0.05, 0.1) is 14.2 Å². The largest absolute Gasteiger partial charge is 0.481 e. The molecule has 0 amide bonds. The third kappa shape index (κ3) is 1.95. The van der Waals surface area contributed by atoms with E-state index in [0.717, 1.165) is 11.1 Å². The maximum atomic E-state index is 5.23. The molecule has 0 radical (unpaired) electrons. The van der Waals surface area contributed by atoms with E-state index in [2.05, 4.69) is 9.97 Å². The zero-order valence-corrected chi connectivity index (χ0v) is 9.18. The number of aromatic nitrogens is 2. The van der Waals surface area contributed by atoms with Gasteiger partial charge >= 0.3 is 0 Å². The van der Waals surface area contributed by atoms with E-state index in [1.54, 1.807) is 32.7 Å². The minimum Gasteiger partial charge on any atom is -0.481 e. The topological polar surface area (TPSA) is 44.2 Å². The number of pyridine rings is 2. The molecule has 2 aromatic heterocycles. The molecule has 0 bridgehead atoms. The van der Waals surface area contributed by atoms with Crippen molar-refractivity contribution in [3.05, 3.63) is 36.7 Å². The first-order chi connectivity index (χ1) is 7.85. The Morgan fingerprint density at radius 2 is 1.69 bits per heavy atom. The van der Waals surface area contributed by atoms with Crippen LogP contribution in [0.3, 0.4) is 0 Å². The van der Waals surface area contributed by atoms with Gasteiger partial charge in [-0.1, -0.05) is 0 Å². The molecule has 0 atom stereocenters. The maximum Gasteiger partial charge on any atom is 0.224 e. The summed E-state index contributed by atoms with van der Waals surface area (Å²) in [7, 11) is 3.17. The van der Waals surface area contributed by atoms with Crippen molar-refractivity contribution in [3.63, 3.8) is 0 Å². The zero-order chi connectivity index (χ0) is 11.4. The van der Waals surface area contributed by atoms with Crippen LogP contribution in [-0.4, -0.2) is 24.2 Å². The van der Waals surface area contributed by atoms with Crippen LogP contribution in [-0.2, 0) is 0 Å². The van der Waals surface area contributed by atoms with Crippen molar-refractivity contribution in [2.24, 2.45) is 0 Å². The van der Waals surface area contributed by atoms with Gasteiger partial charge in [0.25, 0.3) is 0 Å². The molecule has 0 saturated heterocycles. The van der Waals surface area contributed by atoms with E-state index in [4.69, 9.17) is 9.47 Å². The highest BCUT2D eigenvalue weighted by molar-refractivity contribution is 5.68. The molecule has 16 heavy (non-hydrogen) atoms. The molecule has 0 spiro atoms. The van der Waals surface area contributed by atoms with E-state index < -0.39 is 0 Å². The number of hydrogen-bond acceptors (Lipinski definition) is 4. The van der Waals surface area contributed by atoms with Crippen molar-refractivity contribution in [3.8, 4) is 22.9 Å².